The van der Waals surface area contributed by atoms with Crippen molar-refractivity contribution in [3.8, 4) is 0 Å². The zero-order valence-electron chi connectivity index (χ0n) is 13.5. The van der Waals surface area contributed by atoms with Crippen LogP contribution in [0.1, 0.15) is 28.7 Å². The summed E-state index contributed by atoms with van der Waals surface area (Å²) >= 11 is 3.40. The lowest BCUT2D eigenvalue weighted by atomic mass is 10.2. The molecule has 3 aromatic rings. The van der Waals surface area contributed by atoms with Crippen molar-refractivity contribution in [3.05, 3.63) is 63.9 Å². The van der Waals surface area contributed by atoms with E-state index in [2.05, 4.69) is 42.9 Å². The van der Waals surface area contributed by atoms with Crippen LogP contribution in [0.15, 0.2) is 52.0 Å². The Morgan fingerprint density at radius 1 is 1.33 bits per heavy atom. The molecule has 6 heteroatoms. The summed E-state index contributed by atoms with van der Waals surface area (Å²) in [5.41, 5.74) is 5.83. The van der Waals surface area contributed by atoms with Crippen molar-refractivity contribution in [1.82, 2.24) is 15.0 Å². The van der Waals surface area contributed by atoms with E-state index in [0.717, 1.165) is 33.4 Å². The predicted octanol–water partition coefficient (Wildman–Crippen LogP) is 3.89. The van der Waals surface area contributed by atoms with E-state index < -0.39 is 0 Å². The van der Waals surface area contributed by atoms with Crippen LogP contribution in [0.25, 0.3) is 11.0 Å². The highest BCUT2D eigenvalue weighted by Crippen LogP contribution is 2.17. The molecule has 1 N–H and O–H groups in total. The molecular formula is C18H17BrN4O. The standard InChI is InChI=1S/C18H17BrN4O/c1-3-23-12(2)21-16-10-14(7-8-17(16)23)18(24)22-20-11-13-5-4-6-15(19)9-13/h4-11H,3H2,1-2H3,(H,22,24). The van der Waals surface area contributed by atoms with Gasteiger partial charge in [0.15, 0.2) is 0 Å². The van der Waals surface area contributed by atoms with E-state index in [0.29, 0.717) is 5.56 Å². The lowest BCUT2D eigenvalue weighted by Crippen LogP contribution is -2.17. The van der Waals surface area contributed by atoms with Crippen LogP contribution in [0, 0.1) is 6.92 Å². The second-order valence-corrected chi connectivity index (χ2v) is 6.28. The predicted molar refractivity (Wildman–Crippen MR) is 99.3 cm³/mol. The lowest BCUT2D eigenvalue weighted by molar-refractivity contribution is 0.0955. The molecule has 0 spiro atoms. The van der Waals surface area contributed by atoms with Gasteiger partial charge in [-0.15, -0.1) is 0 Å². The summed E-state index contributed by atoms with van der Waals surface area (Å²) in [5.74, 6) is 0.685. The third kappa shape index (κ3) is 3.38. The maximum absolute atomic E-state index is 12.2. The zero-order valence-corrected chi connectivity index (χ0v) is 15.0. The molecule has 2 aromatic carbocycles. The van der Waals surface area contributed by atoms with Crippen LogP contribution in [0.4, 0.5) is 0 Å². The highest BCUT2D eigenvalue weighted by molar-refractivity contribution is 9.10. The quantitative estimate of drug-likeness (QED) is 0.547. The number of benzene rings is 2. The van der Waals surface area contributed by atoms with E-state index in [-0.39, 0.29) is 5.91 Å². The van der Waals surface area contributed by atoms with Gasteiger partial charge in [-0.1, -0.05) is 28.1 Å². The summed E-state index contributed by atoms with van der Waals surface area (Å²) in [5, 5.41) is 4.01. The number of imidazole rings is 1. The number of carbonyl (C=O) groups excluding carboxylic acids is 1. The van der Waals surface area contributed by atoms with Crippen molar-refractivity contribution >= 4 is 39.1 Å². The Hall–Kier alpha value is -2.47. The van der Waals surface area contributed by atoms with Gasteiger partial charge in [0.05, 0.1) is 17.2 Å². The number of fused-ring (bicyclic) bond motifs is 1. The van der Waals surface area contributed by atoms with Crippen molar-refractivity contribution in [3.63, 3.8) is 0 Å². The van der Waals surface area contributed by atoms with Gasteiger partial charge in [0.25, 0.3) is 5.91 Å². The molecule has 122 valence electrons. The van der Waals surface area contributed by atoms with E-state index in [9.17, 15) is 4.79 Å². The molecule has 1 heterocycles. The molecular weight excluding hydrogens is 368 g/mol. The summed E-state index contributed by atoms with van der Waals surface area (Å²) in [6.07, 6.45) is 1.61. The SMILES string of the molecule is CCn1c(C)nc2cc(C(=O)NN=Cc3cccc(Br)c3)ccc21. The first-order valence-corrected chi connectivity index (χ1v) is 8.43. The van der Waals surface area contributed by atoms with Crippen LogP contribution in [0.5, 0.6) is 0 Å². The molecule has 1 aromatic heterocycles. The minimum absolute atomic E-state index is 0.258. The second kappa shape index (κ2) is 6.97. The smallest absolute Gasteiger partial charge is 0.271 e. The third-order valence-corrected chi connectivity index (χ3v) is 4.24. The van der Waals surface area contributed by atoms with Gasteiger partial charge in [-0.3, -0.25) is 4.79 Å². The fourth-order valence-corrected chi connectivity index (χ4v) is 3.02. The molecule has 3 rings (SSSR count). The van der Waals surface area contributed by atoms with Crippen molar-refractivity contribution < 1.29 is 4.79 Å². The molecule has 0 aliphatic carbocycles. The number of halogens is 1. The molecule has 0 radical (unpaired) electrons. The molecule has 0 fully saturated rings. The first-order chi connectivity index (χ1) is 11.6. The van der Waals surface area contributed by atoms with E-state index >= 15 is 0 Å². The summed E-state index contributed by atoms with van der Waals surface area (Å²) in [4.78, 5) is 16.7. The number of nitrogens with one attached hydrogen (secondary N) is 1. The number of amides is 1. The van der Waals surface area contributed by atoms with Gasteiger partial charge in [-0.25, -0.2) is 10.4 Å². The van der Waals surface area contributed by atoms with Crippen LogP contribution in [0.3, 0.4) is 0 Å². The Labute approximate surface area is 148 Å². The Bertz CT molecular complexity index is 930. The van der Waals surface area contributed by atoms with Gasteiger partial charge in [0.1, 0.15) is 5.82 Å². The van der Waals surface area contributed by atoms with Crippen LogP contribution >= 0.6 is 15.9 Å². The van der Waals surface area contributed by atoms with E-state index in [4.69, 9.17) is 0 Å². The number of hydrazone groups is 1. The molecule has 5 nitrogen and oxygen atoms in total. The van der Waals surface area contributed by atoms with Gasteiger partial charge in [-0.05, 0) is 49.7 Å². The molecule has 24 heavy (non-hydrogen) atoms. The van der Waals surface area contributed by atoms with Gasteiger partial charge in [-0.2, -0.15) is 5.10 Å². The summed E-state index contributed by atoms with van der Waals surface area (Å²) in [6.45, 7) is 4.89. The van der Waals surface area contributed by atoms with Gasteiger partial charge in [0, 0.05) is 16.6 Å². The highest BCUT2D eigenvalue weighted by Gasteiger charge is 2.10. The molecule has 0 unspecified atom stereocenters. The maximum Gasteiger partial charge on any atom is 0.271 e. The number of rotatable bonds is 4. The van der Waals surface area contributed by atoms with Crippen LogP contribution in [-0.4, -0.2) is 21.7 Å². The highest BCUT2D eigenvalue weighted by atomic mass is 79.9. The minimum atomic E-state index is -0.258. The fourth-order valence-electron chi connectivity index (χ4n) is 2.61. The van der Waals surface area contributed by atoms with Crippen molar-refractivity contribution in [1.29, 1.82) is 0 Å². The molecule has 0 bridgehead atoms. The van der Waals surface area contributed by atoms with Gasteiger partial charge in [0.2, 0.25) is 0 Å². The number of carbonyl (C=O) groups is 1. The van der Waals surface area contributed by atoms with Crippen LogP contribution < -0.4 is 5.43 Å². The number of nitrogens with zero attached hydrogens (tertiary/aromatic N) is 3. The summed E-state index contributed by atoms with van der Waals surface area (Å²) in [6, 6.07) is 13.2. The Morgan fingerprint density at radius 2 is 2.17 bits per heavy atom. The van der Waals surface area contributed by atoms with Crippen molar-refractivity contribution in [2.45, 2.75) is 20.4 Å². The first-order valence-electron chi connectivity index (χ1n) is 7.64. The monoisotopic (exact) mass is 384 g/mol. The minimum Gasteiger partial charge on any atom is -0.329 e. The molecule has 0 aliphatic heterocycles. The molecule has 0 saturated heterocycles. The largest absolute Gasteiger partial charge is 0.329 e. The Morgan fingerprint density at radius 3 is 2.92 bits per heavy atom. The number of hydrogen-bond donors (Lipinski definition) is 1. The zero-order chi connectivity index (χ0) is 17.1. The number of aromatic nitrogens is 2. The summed E-state index contributed by atoms with van der Waals surface area (Å²) < 4.78 is 3.08. The Kier molecular flexibility index (Phi) is 4.76. The average molecular weight is 385 g/mol. The third-order valence-electron chi connectivity index (χ3n) is 3.75. The Balaban J connectivity index is 1.76. The molecule has 0 saturated carbocycles. The average Bonchev–Trinajstić information content (AvgIpc) is 2.88. The molecule has 0 aliphatic rings. The van der Waals surface area contributed by atoms with Crippen LogP contribution in [-0.2, 0) is 6.54 Å². The van der Waals surface area contributed by atoms with E-state index in [1.54, 1.807) is 18.3 Å². The second-order valence-electron chi connectivity index (χ2n) is 5.36. The van der Waals surface area contributed by atoms with Crippen molar-refractivity contribution in [2.75, 3.05) is 0 Å². The number of aryl methyl sites for hydroxylation is 2. The fraction of sp³-hybridized carbons (Fsp3) is 0.167. The van der Waals surface area contributed by atoms with Crippen LogP contribution in [0.2, 0.25) is 0 Å². The van der Waals surface area contributed by atoms with E-state index in [1.807, 2.05) is 37.3 Å². The van der Waals surface area contributed by atoms with Gasteiger partial charge >= 0.3 is 0 Å². The van der Waals surface area contributed by atoms with Gasteiger partial charge < -0.3 is 4.57 Å². The summed E-state index contributed by atoms with van der Waals surface area (Å²) in [7, 11) is 0. The molecule has 1 amide bonds. The maximum atomic E-state index is 12.2. The molecule has 0 atom stereocenters. The number of hydrogen-bond acceptors (Lipinski definition) is 3. The van der Waals surface area contributed by atoms with E-state index in [1.165, 1.54) is 0 Å². The van der Waals surface area contributed by atoms with Crippen molar-refractivity contribution in [2.24, 2.45) is 5.10 Å². The normalized spacial score (nSPS) is 11.3. The first kappa shape index (κ1) is 16.4. The lowest BCUT2D eigenvalue weighted by Gasteiger charge is -2.03. The topological polar surface area (TPSA) is 59.3 Å².